The minimum Gasteiger partial charge on any atom is -0.407 e. The van der Waals surface area contributed by atoms with Crippen LogP contribution in [0.2, 0.25) is 0 Å². The molecule has 20 heavy (non-hydrogen) atoms. The molecule has 5 N–H and O–H groups in total. The number of esters is 1. The summed E-state index contributed by atoms with van der Waals surface area (Å²) in [5.41, 5.74) is 8.61. The molecule has 2 rings (SSSR count). The lowest BCUT2D eigenvalue weighted by molar-refractivity contribution is -0.137. The van der Waals surface area contributed by atoms with Crippen LogP contribution in [0.4, 0.5) is 0 Å². The fourth-order valence-electron chi connectivity index (χ4n) is 1.76. The second kappa shape index (κ2) is 6.25. The Labute approximate surface area is 128 Å². The van der Waals surface area contributed by atoms with E-state index >= 15 is 0 Å². The van der Waals surface area contributed by atoms with Crippen molar-refractivity contribution in [2.24, 2.45) is 11.6 Å². The van der Waals surface area contributed by atoms with Crippen molar-refractivity contribution >= 4 is 43.3 Å². The van der Waals surface area contributed by atoms with Crippen molar-refractivity contribution in [2.75, 3.05) is 0 Å². The molecule has 0 aliphatic rings. The summed E-state index contributed by atoms with van der Waals surface area (Å²) in [7, 11) is 0. The molecule has 0 radical (unpaired) electrons. The topological polar surface area (TPSA) is 90.4 Å². The Morgan fingerprint density at radius 1 is 1.45 bits per heavy atom. The third-order valence-electron chi connectivity index (χ3n) is 2.56. The molecule has 0 fully saturated rings. The quantitative estimate of drug-likeness (QED) is 0.339. The predicted octanol–water partition coefficient (Wildman–Crippen LogP) is 2.36. The lowest BCUT2D eigenvalue weighted by atomic mass is 10.2. The van der Waals surface area contributed by atoms with Gasteiger partial charge in [-0.25, -0.2) is 5.84 Å². The molecule has 0 amide bonds. The average molecular weight is 356 g/mol. The number of carbonyl (C=O) groups excluding carboxylic acids is 1. The molecule has 0 atom stereocenters. The van der Waals surface area contributed by atoms with Gasteiger partial charge in [0.2, 0.25) is 5.88 Å². The van der Waals surface area contributed by atoms with E-state index in [1.807, 2.05) is 18.2 Å². The summed E-state index contributed by atoms with van der Waals surface area (Å²) in [5.74, 6) is 4.93. The zero-order valence-electron chi connectivity index (χ0n) is 10.8. The van der Waals surface area contributed by atoms with Gasteiger partial charge in [-0.15, -0.1) is 11.3 Å². The van der Waals surface area contributed by atoms with Crippen LogP contribution < -0.4 is 17.0 Å². The Morgan fingerprint density at radius 3 is 2.85 bits per heavy atom. The number of fused-ring (bicyclic) bond motifs is 1. The molecule has 0 aliphatic heterocycles. The van der Waals surface area contributed by atoms with Gasteiger partial charge in [-0.1, -0.05) is 15.9 Å². The Balaban J connectivity index is 2.26. The van der Waals surface area contributed by atoms with Crippen LogP contribution in [0.25, 0.3) is 10.1 Å². The summed E-state index contributed by atoms with van der Waals surface area (Å²) < 4.78 is 7.11. The largest absolute Gasteiger partial charge is 0.407 e. The number of rotatable bonds is 4. The number of hydrazine groups is 1. The van der Waals surface area contributed by atoms with Crippen molar-refractivity contribution < 1.29 is 9.53 Å². The van der Waals surface area contributed by atoms with Crippen LogP contribution in [0.15, 0.2) is 40.3 Å². The molecule has 0 spiro atoms. The summed E-state index contributed by atoms with van der Waals surface area (Å²) in [6, 6.07) is 8.14. The van der Waals surface area contributed by atoms with Crippen molar-refractivity contribution in [2.45, 2.75) is 13.3 Å². The monoisotopic (exact) mass is 355 g/mol. The van der Waals surface area contributed by atoms with Gasteiger partial charge in [-0.2, -0.15) is 0 Å². The van der Waals surface area contributed by atoms with Gasteiger partial charge in [-0.3, -0.25) is 10.2 Å². The van der Waals surface area contributed by atoms with Crippen molar-refractivity contribution in [1.82, 2.24) is 5.43 Å². The van der Waals surface area contributed by atoms with Gasteiger partial charge in [-0.05, 0) is 29.7 Å². The zero-order valence-corrected chi connectivity index (χ0v) is 13.2. The lowest BCUT2D eigenvalue weighted by Gasteiger charge is -2.09. The van der Waals surface area contributed by atoms with Gasteiger partial charge >= 0.3 is 5.97 Å². The van der Waals surface area contributed by atoms with Crippen molar-refractivity contribution in [3.05, 3.63) is 45.2 Å². The van der Waals surface area contributed by atoms with Gasteiger partial charge in [0.25, 0.3) is 0 Å². The maximum Gasteiger partial charge on any atom is 0.309 e. The number of allylic oxidation sites excluding steroid dienone is 1. The fourth-order valence-corrected chi connectivity index (χ4v) is 3.20. The molecular weight excluding hydrogens is 342 g/mol. The zero-order chi connectivity index (χ0) is 14.7. The molecule has 1 heterocycles. The van der Waals surface area contributed by atoms with E-state index in [9.17, 15) is 4.79 Å². The fraction of sp³-hybridized carbons (Fsp3) is 0.154. The Morgan fingerprint density at radius 2 is 2.20 bits per heavy atom. The highest BCUT2D eigenvalue weighted by Gasteiger charge is 2.10. The summed E-state index contributed by atoms with van der Waals surface area (Å²) in [5, 5.41) is 1.14. The smallest absolute Gasteiger partial charge is 0.309 e. The first-order chi connectivity index (χ1) is 9.49. The van der Waals surface area contributed by atoms with E-state index in [2.05, 4.69) is 27.4 Å². The molecule has 106 valence electrons. The van der Waals surface area contributed by atoms with Gasteiger partial charge < -0.3 is 10.5 Å². The normalized spacial score (nSPS) is 12.2. The van der Waals surface area contributed by atoms with Crippen LogP contribution in [-0.4, -0.2) is 5.97 Å². The molecule has 5 nitrogen and oxygen atoms in total. The highest BCUT2D eigenvalue weighted by atomic mass is 79.9. The van der Waals surface area contributed by atoms with Crippen LogP contribution in [0.3, 0.4) is 0 Å². The Hall–Kier alpha value is -1.57. The second-order valence-corrected chi connectivity index (χ2v) is 6.25. The number of hydrogen-bond donors (Lipinski definition) is 3. The number of nitrogens with one attached hydrogen (secondary N) is 1. The summed E-state index contributed by atoms with van der Waals surface area (Å²) in [4.78, 5) is 12.0. The van der Waals surface area contributed by atoms with Gasteiger partial charge in [0, 0.05) is 27.4 Å². The molecule has 7 heteroatoms. The first kappa shape index (κ1) is 14.8. The highest BCUT2D eigenvalue weighted by molar-refractivity contribution is 9.10. The van der Waals surface area contributed by atoms with Crippen LogP contribution in [0.1, 0.15) is 11.8 Å². The number of halogens is 1. The minimum absolute atomic E-state index is 0.0936. The molecule has 0 bridgehead atoms. The molecule has 0 aliphatic carbocycles. The maximum absolute atomic E-state index is 10.9. The molecule has 0 unspecified atom stereocenters. The molecule has 0 saturated heterocycles. The third-order valence-corrected chi connectivity index (χ3v) is 4.17. The Kier molecular flexibility index (Phi) is 4.64. The van der Waals surface area contributed by atoms with E-state index in [0.29, 0.717) is 12.1 Å². The van der Waals surface area contributed by atoms with Crippen LogP contribution in [0.5, 0.6) is 0 Å². The Bertz CT molecular complexity index is 681. The maximum atomic E-state index is 10.9. The van der Waals surface area contributed by atoms with E-state index in [-0.39, 0.29) is 5.88 Å². The molecule has 1 aromatic heterocycles. The van der Waals surface area contributed by atoms with E-state index in [1.165, 1.54) is 11.6 Å². The average Bonchev–Trinajstić information content (AvgIpc) is 2.76. The molecule has 1 aromatic carbocycles. The van der Waals surface area contributed by atoms with E-state index in [1.54, 1.807) is 11.3 Å². The molecule has 0 saturated carbocycles. The van der Waals surface area contributed by atoms with E-state index in [4.69, 9.17) is 16.3 Å². The number of nitrogens with two attached hydrogens (primary N) is 2. The van der Waals surface area contributed by atoms with Crippen LogP contribution in [0, 0.1) is 0 Å². The SMILES string of the molecule is CC(=O)O/C(NN)=C(/N)Cc1cc2cc(Br)ccc2s1. The highest BCUT2D eigenvalue weighted by Crippen LogP contribution is 2.29. The second-order valence-electron chi connectivity index (χ2n) is 4.16. The molecule has 2 aromatic rings. The van der Waals surface area contributed by atoms with E-state index in [0.717, 1.165) is 14.7 Å². The first-order valence-electron chi connectivity index (χ1n) is 5.81. The molecular formula is C13H14BrN3O2S. The van der Waals surface area contributed by atoms with Crippen LogP contribution in [-0.2, 0) is 16.0 Å². The lowest BCUT2D eigenvalue weighted by Crippen LogP contribution is -2.28. The summed E-state index contributed by atoms with van der Waals surface area (Å²) in [6.45, 7) is 1.29. The van der Waals surface area contributed by atoms with Gasteiger partial charge in [0.05, 0.1) is 5.70 Å². The third kappa shape index (κ3) is 3.50. The van der Waals surface area contributed by atoms with Gasteiger partial charge in [0.1, 0.15) is 0 Å². The summed E-state index contributed by atoms with van der Waals surface area (Å²) >= 11 is 5.08. The number of thiophene rings is 1. The van der Waals surface area contributed by atoms with Crippen molar-refractivity contribution in [3.63, 3.8) is 0 Å². The summed E-state index contributed by atoms with van der Waals surface area (Å²) in [6.07, 6.45) is 0.462. The van der Waals surface area contributed by atoms with Crippen molar-refractivity contribution in [1.29, 1.82) is 0 Å². The van der Waals surface area contributed by atoms with Gasteiger partial charge in [0.15, 0.2) is 0 Å². The number of benzene rings is 1. The van der Waals surface area contributed by atoms with Crippen molar-refractivity contribution in [3.8, 4) is 0 Å². The number of hydrogen-bond acceptors (Lipinski definition) is 6. The minimum atomic E-state index is -0.471. The van der Waals surface area contributed by atoms with E-state index < -0.39 is 5.97 Å². The first-order valence-corrected chi connectivity index (χ1v) is 7.42. The predicted molar refractivity (Wildman–Crippen MR) is 83.5 cm³/mol. The van der Waals surface area contributed by atoms with Crippen LogP contribution >= 0.6 is 27.3 Å². The number of carbonyl (C=O) groups is 1. The number of ether oxygens (including phenoxy) is 1. The standard InChI is InChI=1S/C13H14BrN3O2S/c1-7(18)19-13(17-16)11(15)6-10-5-8-4-9(14)2-3-12(8)20-10/h2-5,17H,6,15-16H2,1H3/b13-11+.